The van der Waals surface area contributed by atoms with Crippen molar-refractivity contribution in [1.82, 2.24) is 9.80 Å². The molecule has 0 saturated carbocycles. The van der Waals surface area contributed by atoms with Gasteiger partial charge >= 0.3 is 0 Å². The average Bonchev–Trinajstić information content (AvgIpc) is 2.88. The molecule has 0 spiro atoms. The fourth-order valence-electron chi connectivity index (χ4n) is 2.88. The van der Waals surface area contributed by atoms with Crippen LogP contribution in [0.3, 0.4) is 0 Å². The van der Waals surface area contributed by atoms with Crippen LogP contribution in [0.15, 0.2) is 18.2 Å². The maximum Gasteiger partial charge on any atom is 0.0681 e. The summed E-state index contributed by atoms with van der Waals surface area (Å²) in [5.41, 5.74) is 3.82. The molecule has 0 radical (unpaired) electrons. The summed E-state index contributed by atoms with van der Waals surface area (Å²) >= 11 is 0. The van der Waals surface area contributed by atoms with Crippen LogP contribution in [0, 0.1) is 0 Å². The van der Waals surface area contributed by atoms with Gasteiger partial charge in [0.15, 0.2) is 0 Å². The van der Waals surface area contributed by atoms with E-state index in [9.17, 15) is 5.11 Å². The summed E-state index contributed by atoms with van der Waals surface area (Å²) < 4.78 is 5.37. The van der Waals surface area contributed by atoms with Gasteiger partial charge in [-0.25, -0.2) is 0 Å². The third-order valence-electron chi connectivity index (χ3n) is 4.08. The smallest absolute Gasteiger partial charge is 0.0681 e. The lowest BCUT2D eigenvalue weighted by molar-refractivity contribution is 0.0331. The highest BCUT2D eigenvalue weighted by molar-refractivity contribution is 5.34. The second-order valence-corrected chi connectivity index (χ2v) is 5.43. The number of nitrogens with zero attached hydrogens (tertiary/aromatic N) is 2. The highest BCUT2D eigenvalue weighted by Crippen LogP contribution is 2.23. The lowest BCUT2D eigenvalue weighted by Crippen LogP contribution is -2.40. The lowest BCUT2D eigenvalue weighted by atomic mass is 10.1. The standard InChI is InChI=1S/C15H22N2O2/c18-12-13-1-2-14-10-17(11-15(14)9-13)4-3-16-5-7-19-8-6-16/h1-2,9,18H,3-8,10-12H2. The van der Waals surface area contributed by atoms with Gasteiger partial charge in [-0.15, -0.1) is 0 Å². The van der Waals surface area contributed by atoms with E-state index in [2.05, 4.69) is 21.9 Å². The first-order chi connectivity index (χ1) is 9.35. The Morgan fingerprint density at radius 1 is 1.00 bits per heavy atom. The minimum absolute atomic E-state index is 0.140. The largest absolute Gasteiger partial charge is 0.392 e. The molecule has 2 heterocycles. The molecule has 104 valence electrons. The highest BCUT2D eigenvalue weighted by Gasteiger charge is 2.20. The quantitative estimate of drug-likeness (QED) is 0.872. The maximum absolute atomic E-state index is 9.18. The van der Waals surface area contributed by atoms with Crippen LogP contribution in [-0.2, 0) is 24.4 Å². The topological polar surface area (TPSA) is 35.9 Å². The molecule has 0 atom stereocenters. The van der Waals surface area contributed by atoms with Crippen molar-refractivity contribution in [3.63, 3.8) is 0 Å². The molecule has 4 heteroatoms. The molecule has 0 amide bonds. The average molecular weight is 262 g/mol. The van der Waals surface area contributed by atoms with Crippen molar-refractivity contribution < 1.29 is 9.84 Å². The molecule has 0 aliphatic carbocycles. The van der Waals surface area contributed by atoms with Crippen molar-refractivity contribution >= 4 is 0 Å². The van der Waals surface area contributed by atoms with E-state index in [-0.39, 0.29) is 6.61 Å². The summed E-state index contributed by atoms with van der Waals surface area (Å²) in [5, 5.41) is 9.18. The van der Waals surface area contributed by atoms with Crippen molar-refractivity contribution in [2.24, 2.45) is 0 Å². The summed E-state index contributed by atoms with van der Waals surface area (Å²) in [7, 11) is 0. The van der Waals surface area contributed by atoms with Crippen LogP contribution >= 0.6 is 0 Å². The zero-order valence-corrected chi connectivity index (χ0v) is 11.3. The highest BCUT2D eigenvalue weighted by atomic mass is 16.5. The second kappa shape index (κ2) is 6.01. The molecule has 0 bridgehead atoms. The van der Waals surface area contributed by atoms with Gasteiger partial charge in [-0.3, -0.25) is 9.80 Å². The molecule has 1 saturated heterocycles. The van der Waals surface area contributed by atoms with E-state index in [1.165, 1.54) is 11.1 Å². The molecule has 4 nitrogen and oxygen atoms in total. The number of hydrogen-bond donors (Lipinski definition) is 1. The predicted molar refractivity (Wildman–Crippen MR) is 73.7 cm³/mol. The van der Waals surface area contributed by atoms with Crippen LogP contribution in [0.1, 0.15) is 16.7 Å². The van der Waals surface area contributed by atoms with Gasteiger partial charge in [0.05, 0.1) is 19.8 Å². The SMILES string of the molecule is OCc1ccc2c(c1)CN(CCN1CCOCC1)C2. The number of hydrogen-bond acceptors (Lipinski definition) is 4. The van der Waals surface area contributed by atoms with E-state index in [1.54, 1.807) is 0 Å². The van der Waals surface area contributed by atoms with Crippen LogP contribution < -0.4 is 0 Å². The minimum atomic E-state index is 0.140. The summed E-state index contributed by atoms with van der Waals surface area (Å²) in [6.07, 6.45) is 0. The Hall–Kier alpha value is -0.940. The summed E-state index contributed by atoms with van der Waals surface area (Å²) in [5.74, 6) is 0. The van der Waals surface area contributed by atoms with Crippen molar-refractivity contribution in [3.05, 3.63) is 34.9 Å². The molecule has 1 aromatic rings. The summed E-state index contributed by atoms with van der Waals surface area (Å²) in [6.45, 7) is 8.33. The van der Waals surface area contributed by atoms with E-state index < -0.39 is 0 Å². The normalized spacial score (nSPS) is 20.7. The van der Waals surface area contributed by atoms with Gasteiger partial charge in [0.25, 0.3) is 0 Å². The van der Waals surface area contributed by atoms with Gasteiger partial charge < -0.3 is 9.84 Å². The van der Waals surface area contributed by atoms with Gasteiger partial charge in [-0.1, -0.05) is 18.2 Å². The van der Waals surface area contributed by atoms with Crippen LogP contribution in [0.25, 0.3) is 0 Å². The van der Waals surface area contributed by atoms with Crippen molar-refractivity contribution in [1.29, 1.82) is 0 Å². The first-order valence-electron chi connectivity index (χ1n) is 7.09. The number of benzene rings is 1. The Morgan fingerprint density at radius 3 is 2.53 bits per heavy atom. The second-order valence-electron chi connectivity index (χ2n) is 5.43. The van der Waals surface area contributed by atoms with E-state index in [0.717, 1.165) is 58.0 Å². The molecule has 1 aromatic carbocycles. The Kier molecular flexibility index (Phi) is 4.13. The molecule has 0 unspecified atom stereocenters. The van der Waals surface area contributed by atoms with Crippen LogP contribution in [0.4, 0.5) is 0 Å². The van der Waals surface area contributed by atoms with Gasteiger partial charge in [-0.2, -0.15) is 0 Å². The third-order valence-corrected chi connectivity index (χ3v) is 4.08. The van der Waals surface area contributed by atoms with Crippen LogP contribution in [-0.4, -0.2) is 54.3 Å². The number of morpholine rings is 1. The zero-order valence-electron chi connectivity index (χ0n) is 11.3. The minimum Gasteiger partial charge on any atom is -0.392 e. The Balaban J connectivity index is 1.52. The number of aliphatic hydroxyl groups excluding tert-OH is 1. The third kappa shape index (κ3) is 3.15. The molecule has 3 rings (SSSR count). The monoisotopic (exact) mass is 262 g/mol. The molecule has 2 aliphatic rings. The van der Waals surface area contributed by atoms with Crippen molar-refractivity contribution in [2.45, 2.75) is 19.7 Å². The summed E-state index contributed by atoms with van der Waals surface area (Å²) in [6, 6.07) is 6.34. The Morgan fingerprint density at radius 2 is 1.74 bits per heavy atom. The Labute approximate surface area is 114 Å². The van der Waals surface area contributed by atoms with Crippen molar-refractivity contribution in [2.75, 3.05) is 39.4 Å². The van der Waals surface area contributed by atoms with Crippen LogP contribution in [0.5, 0.6) is 0 Å². The molecular formula is C15H22N2O2. The van der Waals surface area contributed by atoms with Gasteiger partial charge in [0, 0.05) is 39.3 Å². The molecule has 19 heavy (non-hydrogen) atoms. The molecule has 1 N–H and O–H groups in total. The van der Waals surface area contributed by atoms with E-state index >= 15 is 0 Å². The fourth-order valence-corrected chi connectivity index (χ4v) is 2.88. The fraction of sp³-hybridized carbons (Fsp3) is 0.600. The maximum atomic E-state index is 9.18. The van der Waals surface area contributed by atoms with Gasteiger partial charge in [0.1, 0.15) is 0 Å². The summed E-state index contributed by atoms with van der Waals surface area (Å²) in [4.78, 5) is 4.97. The predicted octanol–water partition coefficient (Wildman–Crippen LogP) is 0.827. The molecule has 2 aliphatic heterocycles. The lowest BCUT2D eigenvalue weighted by Gasteiger charge is -2.28. The number of aliphatic hydroxyl groups is 1. The first kappa shape index (κ1) is 13.1. The van der Waals surface area contributed by atoms with E-state index in [4.69, 9.17) is 4.74 Å². The van der Waals surface area contributed by atoms with Gasteiger partial charge in [-0.05, 0) is 16.7 Å². The van der Waals surface area contributed by atoms with E-state index in [1.807, 2.05) is 6.07 Å². The Bertz CT molecular complexity index is 430. The van der Waals surface area contributed by atoms with Crippen LogP contribution in [0.2, 0.25) is 0 Å². The van der Waals surface area contributed by atoms with E-state index in [0.29, 0.717) is 0 Å². The molecule has 0 aromatic heterocycles. The van der Waals surface area contributed by atoms with Gasteiger partial charge in [0.2, 0.25) is 0 Å². The number of rotatable bonds is 4. The first-order valence-corrected chi connectivity index (χ1v) is 7.09. The molecular weight excluding hydrogens is 240 g/mol. The molecule has 1 fully saturated rings. The zero-order chi connectivity index (χ0) is 13.1. The number of ether oxygens (including phenoxy) is 1. The number of fused-ring (bicyclic) bond motifs is 1. The van der Waals surface area contributed by atoms with Crippen molar-refractivity contribution in [3.8, 4) is 0 Å².